The third-order valence-electron chi connectivity index (χ3n) is 3.27. The highest BCUT2D eigenvalue weighted by Crippen LogP contribution is 2.24. The van der Waals surface area contributed by atoms with E-state index in [1.807, 2.05) is 6.07 Å². The fraction of sp³-hybridized carbons (Fsp3) is 0.462. The number of rotatable bonds is 3. The maximum Gasteiger partial charge on any atom is 0.0992 e. The molecule has 1 aliphatic heterocycles. The second-order valence-electron chi connectivity index (χ2n) is 4.37. The van der Waals surface area contributed by atoms with Gasteiger partial charge in [-0.15, -0.1) is 0 Å². The normalized spacial score (nSPS) is 20.4. The molecule has 1 aliphatic rings. The highest BCUT2D eigenvalue weighted by Gasteiger charge is 2.24. The number of nitrogens with zero attached hydrogens (tertiary/aromatic N) is 2. The van der Waals surface area contributed by atoms with E-state index in [9.17, 15) is 5.11 Å². The van der Waals surface area contributed by atoms with Crippen LogP contribution < -0.4 is 0 Å². The van der Waals surface area contributed by atoms with E-state index in [1.165, 1.54) is 0 Å². The Morgan fingerprint density at radius 2 is 2.35 bits per heavy atom. The van der Waals surface area contributed by atoms with Crippen LogP contribution in [0.4, 0.5) is 0 Å². The van der Waals surface area contributed by atoms with Gasteiger partial charge in [-0.05, 0) is 37.1 Å². The van der Waals surface area contributed by atoms with Crippen LogP contribution in [0.25, 0.3) is 0 Å². The van der Waals surface area contributed by atoms with Crippen molar-refractivity contribution in [2.45, 2.75) is 25.4 Å². The molecule has 3 nitrogen and oxygen atoms in total. The van der Waals surface area contributed by atoms with Gasteiger partial charge in [-0.1, -0.05) is 17.7 Å². The zero-order valence-corrected chi connectivity index (χ0v) is 10.3. The summed E-state index contributed by atoms with van der Waals surface area (Å²) in [7, 11) is 0. The first-order chi connectivity index (χ1) is 8.24. The predicted molar refractivity (Wildman–Crippen MR) is 66.7 cm³/mol. The van der Waals surface area contributed by atoms with E-state index in [1.54, 1.807) is 12.1 Å². The standard InChI is InChI=1S/C13H15ClN2O/c14-13-6-10(7-15)3-4-11(13)8-16-5-1-2-12(16)9-17/h3-4,6,12,17H,1-2,5,8-9H2/t12-/m0/s1. The summed E-state index contributed by atoms with van der Waals surface area (Å²) >= 11 is 6.14. The molecule has 1 atom stereocenters. The lowest BCUT2D eigenvalue weighted by molar-refractivity contribution is 0.153. The number of benzene rings is 1. The number of aliphatic hydroxyl groups is 1. The molecule has 1 N–H and O–H groups in total. The zero-order valence-electron chi connectivity index (χ0n) is 9.56. The molecule has 2 rings (SSSR count). The van der Waals surface area contributed by atoms with Crippen LogP contribution >= 0.6 is 11.6 Å². The molecule has 0 radical (unpaired) electrons. The van der Waals surface area contributed by atoms with E-state index in [0.29, 0.717) is 10.6 Å². The first-order valence-corrected chi connectivity index (χ1v) is 6.16. The Kier molecular flexibility index (Phi) is 4.01. The molecule has 1 aromatic carbocycles. The van der Waals surface area contributed by atoms with Crippen LogP contribution in [0.15, 0.2) is 18.2 Å². The Labute approximate surface area is 106 Å². The van der Waals surface area contributed by atoms with Gasteiger partial charge >= 0.3 is 0 Å². The van der Waals surface area contributed by atoms with E-state index in [2.05, 4.69) is 11.0 Å². The number of hydrogen-bond donors (Lipinski definition) is 1. The second-order valence-corrected chi connectivity index (χ2v) is 4.77. The highest BCUT2D eigenvalue weighted by atomic mass is 35.5. The molecule has 0 bridgehead atoms. The molecule has 90 valence electrons. The first-order valence-electron chi connectivity index (χ1n) is 5.78. The summed E-state index contributed by atoms with van der Waals surface area (Å²) in [5.41, 5.74) is 1.60. The maximum absolute atomic E-state index is 9.25. The van der Waals surface area contributed by atoms with Crippen molar-refractivity contribution in [3.05, 3.63) is 34.3 Å². The van der Waals surface area contributed by atoms with Crippen molar-refractivity contribution in [2.24, 2.45) is 0 Å². The Morgan fingerprint density at radius 1 is 1.53 bits per heavy atom. The topological polar surface area (TPSA) is 47.3 Å². The van der Waals surface area contributed by atoms with Crippen LogP contribution in [0.5, 0.6) is 0 Å². The molecule has 17 heavy (non-hydrogen) atoms. The van der Waals surface area contributed by atoms with E-state index in [-0.39, 0.29) is 12.6 Å². The van der Waals surface area contributed by atoms with Gasteiger partial charge in [0.05, 0.1) is 18.2 Å². The van der Waals surface area contributed by atoms with Crippen molar-refractivity contribution in [1.82, 2.24) is 4.90 Å². The summed E-state index contributed by atoms with van der Waals surface area (Å²) in [5, 5.41) is 18.6. The SMILES string of the molecule is N#Cc1ccc(CN2CCC[C@H]2CO)c(Cl)c1. The molecule has 1 heterocycles. The van der Waals surface area contributed by atoms with Crippen LogP contribution in [0.1, 0.15) is 24.0 Å². The van der Waals surface area contributed by atoms with Crippen molar-refractivity contribution >= 4 is 11.6 Å². The smallest absolute Gasteiger partial charge is 0.0992 e. The van der Waals surface area contributed by atoms with E-state index in [0.717, 1.165) is 31.5 Å². The molecule has 0 amide bonds. The molecule has 0 unspecified atom stereocenters. The highest BCUT2D eigenvalue weighted by molar-refractivity contribution is 6.31. The molecular weight excluding hydrogens is 236 g/mol. The molecule has 1 saturated heterocycles. The molecule has 1 aromatic rings. The molecule has 0 aliphatic carbocycles. The van der Waals surface area contributed by atoms with Crippen molar-refractivity contribution in [2.75, 3.05) is 13.2 Å². The van der Waals surface area contributed by atoms with Gasteiger partial charge in [0, 0.05) is 17.6 Å². The average molecular weight is 251 g/mol. The largest absolute Gasteiger partial charge is 0.395 e. The Bertz CT molecular complexity index is 442. The van der Waals surface area contributed by atoms with Gasteiger partial charge in [0.25, 0.3) is 0 Å². The lowest BCUT2D eigenvalue weighted by Crippen LogP contribution is -2.31. The van der Waals surface area contributed by atoms with Crippen LogP contribution in [0.3, 0.4) is 0 Å². The Morgan fingerprint density at radius 3 is 3.00 bits per heavy atom. The number of hydrogen-bond acceptors (Lipinski definition) is 3. The fourth-order valence-electron chi connectivity index (χ4n) is 2.27. The summed E-state index contributed by atoms with van der Waals surface area (Å²) in [6, 6.07) is 7.70. The van der Waals surface area contributed by atoms with Gasteiger partial charge in [-0.3, -0.25) is 4.90 Å². The van der Waals surface area contributed by atoms with Gasteiger partial charge in [-0.25, -0.2) is 0 Å². The Balaban J connectivity index is 2.11. The summed E-state index contributed by atoms with van der Waals surface area (Å²) in [5.74, 6) is 0. The summed E-state index contributed by atoms with van der Waals surface area (Å²) in [6.45, 7) is 1.95. The number of likely N-dealkylation sites (tertiary alicyclic amines) is 1. The molecule has 1 fully saturated rings. The van der Waals surface area contributed by atoms with Crippen molar-refractivity contribution < 1.29 is 5.11 Å². The molecule has 4 heteroatoms. The average Bonchev–Trinajstić information content (AvgIpc) is 2.79. The predicted octanol–water partition coefficient (Wildman–Crippen LogP) is 2.17. The first kappa shape index (κ1) is 12.4. The second kappa shape index (κ2) is 5.50. The van der Waals surface area contributed by atoms with Crippen LogP contribution in [-0.2, 0) is 6.54 Å². The van der Waals surface area contributed by atoms with Gasteiger partial charge in [0.1, 0.15) is 0 Å². The van der Waals surface area contributed by atoms with Crippen molar-refractivity contribution in [3.8, 4) is 6.07 Å². The molecule has 0 saturated carbocycles. The minimum Gasteiger partial charge on any atom is -0.395 e. The van der Waals surface area contributed by atoms with Crippen LogP contribution in [0.2, 0.25) is 5.02 Å². The lowest BCUT2D eigenvalue weighted by atomic mass is 10.1. The number of nitriles is 1. The number of halogens is 1. The summed E-state index contributed by atoms with van der Waals surface area (Å²) < 4.78 is 0. The Hall–Kier alpha value is -1.08. The van der Waals surface area contributed by atoms with Crippen LogP contribution in [-0.4, -0.2) is 29.2 Å². The van der Waals surface area contributed by atoms with Crippen LogP contribution in [0, 0.1) is 11.3 Å². The van der Waals surface area contributed by atoms with Crippen molar-refractivity contribution in [1.29, 1.82) is 5.26 Å². The summed E-state index contributed by atoms with van der Waals surface area (Å²) in [4.78, 5) is 2.24. The minimum absolute atomic E-state index is 0.202. The van der Waals surface area contributed by atoms with E-state index >= 15 is 0 Å². The molecular formula is C13H15ClN2O. The van der Waals surface area contributed by atoms with Gasteiger partial charge in [0.2, 0.25) is 0 Å². The lowest BCUT2D eigenvalue weighted by Gasteiger charge is -2.23. The van der Waals surface area contributed by atoms with Gasteiger partial charge in [-0.2, -0.15) is 5.26 Å². The third-order valence-corrected chi connectivity index (χ3v) is 3.62. The minimum atomic E-state index is 0.202. The molecule has 0 aromatic heterocycles. The zero-order chi connectivity index (χ0) is 12.3. The van der Waals surface area contributed by atoms with Crippen molar-refractivity contribution in [3.63, 3.8) is 0 Å². The third kappa shape index (κ3) is 2.78. The summed E-state index contributed by atoms with van der Waals surface area (Å²) in [6.07, 6.45) is 2.17. The molecule has 0 spiro atoms. The maximum atomic E-state index is 9.25. The van der Waals surface area contributed by atoms with Gasteiger partial charge < -0.3 is 5.11 Å². The quantitative estimate of drug-likeness (QED) is 0.894. The van der Waals surface area contributed by atoms with Gasteiger partial charge in [0.15, 0.2) is 0 Å². The monoisotopic (exact) mass is 250 g/mol. The van der Waals surface area contributed by atoms with E-state index in [4.69, 9.17) is 16.9 Å². The van der Waals surface area contributed by atoms with E-state index < -0.39 is 0 Å². The fourth-order valence-corrected chi connectivity index (χ4v) is 2.51. The number of aliphatic hydroxyl groups excluding tert-OH is 1.